The Bertz CT molecular complexity index is 641. The third-order valence-corrected chi connectivity index (χ3v) is 3.49. The number of pyridine rings is 1. The predicted molar refractivity (Wildman–Crippen MR) is 67.8 cm³/mol. The number of amides is 1. The van der Waals surface area contributed by atoms with E-state index in [1.807, 2.05) is 24.3 Å². The number of Topliss-reactive ketones (excluding diaryl/α,β-unsaturated/α-hetero) is 1. The quantitative estimate of drug-likeness (QED) is 0.838. The molecule has 0 radical (unpaired) electrons. The maximum absolute atomic E-state index is 11.4. The van der Waals surface area contributed by atoms with Gasteiger partial charge in [0.05, 0.1) is 11.3 Å². The Morgan fingerprint density at radius 3 is 2.78 bits per heavy atom. The van der Waals surface area contributed by atoms with Crippen molar-refractivity contribution in [3.05, 3.63) is 48.2 Å². The summed E-state index contributed by atoms with van der Waals surface area (Å²) < 4.78 is 0. The monoisotopic (exact) mass is 256 g/mol. The molecule has 0 aliphatic carbocycles. The van der Waals surface area contributed by atoms with Crippen molar-refractivity contribution in [2.45, 2.75) is 9.92 Å². The largest absolute Gasteiger partial charge is 0.318 e. The Morgan fingerprint density at radius 1 is 1.11 bits per heavy atom. The highest BCUT2D eigenvalue weighted by molar-refractivity contribution is 7.99. The van der Waals surface area contributed by atoms with Gasteiger partial charge in [0.15, 0.2) is 0 Å². The van der Waals surface area contributed by atoms with Crippen molar-refractivity contribution >= 4 is 29.1 Å². The van der Waals surface area contributed by atoms with Gasteiger partial charge in [0.25, 0.3) is 11.7 Å². The van der Waals surface area contributed by atoms with Crippen LogP contribution in [0.15, 0.2) is 52.5 Å². The lowest BCUT2D eigenvalue weighted by Crippen LogP contribution is -2.12. The van der Waals surface area contributed by atoms with Gasteiger partial charge in [0.1, 0.15) is 5.03 Å². The van der Waals surface area contributed by atoms with E-state index in [2.05, 4.69) is 10.3 Å². The molecule has 1 aliphatic rings. The van der Waals surface area contributed by atoms with Crippen LogP contribution in [0.1, 0.15) is 10.4 Å². The van der Waals surface area contributed by atoms with Crippen molar-refractivity contribution < 1.29 is 9.59 Å². The van der Waals surface area contributed by atoms with Gasteiger partial charge in [-0.25, -0.2) is 4.98 Å². The number of anilines is 1. The van der Waals surface area contributed by atoms with Crippen molar-refractivity contribution in [2.75, 3.05) is 5.32 Å². The average molecular weight is 256 g/mol. The molecule has 1 N–H and O–H groups in total. The maximum Gasteiger partial charge on any atom is 0.296 e. The molecule has 0 spiro atoms. The molecule has 0 unspecified atom stereocenters. The SMILES string of the molecule is O=C1Nc2cc(Sc3ccccn3)ccc2C1=O. The van der Waals surface area contributed by atoms with E-state index in [1.165, 1.54) is 11.8 Å². The Kier molecular flexibility index (Phi) is 2.60. The van der Waals surface area contributed by atoms with E-state index >= 15 is 0 Å². The summed E-state index contributed by atoms with van der Waals surface area (Å²) in [4.78, 5) is 27.8. The summed E-state index contributed by atoms with van der Waals surface area (Å²) >= 11 is 1.48. The van der Waals surface area contributed by atoms with Crippen LogP contribution in [0.4, 0.5) is 5.69 Å². The second-order valence-corrected chi connectivity index (χ2v) is 4.85. The fourth-order valence-electron chi connectivity index (χ4n) is 1.72. The Hall–Kier alpha value is -2.14. The van der Waals surface area contributed by atoms with Crippen molar-refractivity contribution in [2.24, 2.45) is 0 Å². The first-order valence-corrected chi connectivity index (χ1v) is 6.14. The van der Waals surface area contributed by atoms with Gasteiger partial charge in [-0.05, 0) is 30.3 Å². The smallest absolute Gasteiger partial charge is 0.296 e. The number of hydrogen-bond donors (Lipinski definition) is 1. The first kappa shape index (κ1) is 11.0. The van der Waals surface area contributed by atoms with Crippen LogP contribution in [0.5, 0.6) is 0 Å². The minimum absolute atomic E-state index is 0.436. The fourth-order valence-corrected chi connectivity index (χ4v) is 2.53. The molecule has 1 aromatic heterocycles. The standard InChI is InChI=1S/C13H8N2O2S/c16-12-9-5-4-8(7-10(9)15-13(12)17)18-11-3-1-2-6-14-11/h1-7H,(H,15,16,17). The van der Waals surface area contributed by atoms with Crippen LogP contribution in [-0.4, -0.2) is 16.7 Å². The molecule has 5 heteroatoms. The molecule has 3 rings (SSSR count). The number of fused-ring (bicyclic) bond motifs is 1. The minimum atomic E-state index is -0.565. The van der Waals surface area contributed by atoms with Crippen molar-refractivity contribution in [1.82, 2.24) is 4.98 Å². The highest BCUT2D eigenvalue weighted by Crippen LogP contribution is 2.31. The summed E-state index contributed by atoms with van der Waals surface area (Å²) in [5.74, 6) is -1.04. The number of nitrogens with zero attached hydrogens (tertiary/aromatic N) is 1. The number of benzene rings is 1. The Balaban J connectivity index is 1.91. The number of aromatic nitrogens is 1. The molecule has 88 valence electrons. The fraction of sp³-hybridized carbons (Fsp3) is 0. The van der Waals surface area contributed by atoms with Crippen LogP contribution in [0.25, 0.3) is 0 Å². The summed E-state index contributed by atoms with van der Waals surface area (Å²) in [5.41, 5.74) is 1.01. The molecule has 18 heavy (non-hydrogen) atoms. The van der Waals surface area contributed by atoms with Gasteiger partial charge in [-0.15, -0.1) is 0 Å². The topological polar surface area (TPSA) is 59.1 Å². The second kappa shape index (κ2) is 4.27. The van der Waals surface area contributed by atoms with Gasteiger partial charge in [0, 0.05) is 11.1 Å². The van der Waals surface area contributed by atoms with Gasteiger partial charge in [-0.2, -0.15) is 0 Å². The van der Waals surface area contributed by atoms with Crippen molar-refractivity contribution in [3.8, 4) is 0 Å². The second-order valence-electron chi connectivity index (χ2n) is 3.76. The third kappa shape index (κ3) is 1.89. The highest BCUT2D eigenvalue weighted by atomic mass is 32.2. The van der Waals surface area contributed by atoms with Crippen molar-refractivity contribution in [3.63, 3.8) is 0 Å². The zero-order chi connectivity index (χ0) is 12.5. The van der Waals surface area contributed by atoms with Gasteiger partial charge < -0.3 is 5.32 Å². The molecule has 1 amide bonds. The molecule has 0 atom stereocenters. The van der Waals surface area contributed by atoms with E-state index in [4.69, 9.17) is 0 Å². The van der Waals surface area contributed by atoms with E-state index in [1.54, 1.807) is 18.3 Å². The van der Waals surface area contributed by atoms with E-state index < -0.39 is 11.7 Å². The van der Waals surface area contributed by atoms with Crippen LogP contribution < -0.4 is 5.32 Å². The molecule has 4 nitrogen and oxygen atoms in total. The molecule has 0 fully saturated rings. The molecule has 0 saturated heterocycles. The van der Waals surface area contributed by atoms with Crippen molar-refractivity contribution in [1.29, 1.82) is 0 Å². The lowest BCUT2D eigenvalue weighted by molar-refractivity contribution is -0.112. The lowest BCUT2D eigenvalue weighted by atomic mass is 10.1. The van der Waals surface area contributed by atoms with E-state index in [0.29, 0.717) is 11.3 Å². The van der Waals surface area contributed by atoms with Crippen LogP contribution in [0.3, 0.4) is 0 Å². The van der Waals surface area contributed by atoms with Crippen LogP contribution in [0, 0.1) is 0 Å². The summed E-state index contributed by atoms with van der Waals surface area (Å²) in [6, 6.07) is 10.9. The number of ketones is 1. The number of hydrogen-bond acceptors (Lipinski definition) is 4. The normalized spacial score (nSPS) is 13.3. The zero-order valence-electron chi connectivity index (χ0n) is 9.21. The molecular formula is C13H8N2O2S. The maximum atomic E-state index is 11.4. The van der Waals surface area contributed by atoms with Gasteiger partial charge >= 0.3 is 0 Å². The van der Waals surface area contributed by atoms with E-state index in [-0.39, 0.29) is 0 Å². The van der Waals surface area contributed by atoms with Gasteiger partial charge in [0.2, 0.25) is 0 Å². The Labute approximate surface area is 107 Å². The van der Waals surface area contributed by atoms with Crippen LogP contribution >= 0.6 is 11.8 Å². The summed E-state index contributed by atoms with van der Waals surface area (Å²) in [7, 11) is 0. The number of rotatable bonds is 2. The molecule has 1 aliphatic heterocycles. The number of nitrogens with one attached hydrogen (secondary N) is 1. The third-order valence-electron chi connectivity index (χ3n) is 2.55. The first-order chi connectivity index (χ1) is 8.74. The molecule has 2 aromatic rings. The average Bonchev–Trinajstić information content (AvgIpc) is 2.66. The van der Waals surface area contributed by atoms with Crippen LogP contribution in [-0.2, 0) is 4.79 Å². The first-order valence-electron chi connectivity index (χ1n) is 5.33. The van der Waals surface area contributed by atoms with E-state index in [0.717, 1.165) is 9.92 Å². The molecule has 1 aromatic carbocycles. The molecule has 2 heterocycles. The summed E-state index contributed by atoms with van der Waals surface area (Å²) in [6.07, 6.45) is 1.72. The van der Waals surface area contributed by atoms with E-state index in [9.17, 15) is 9.59 Å². The van der Waals surface area contributed by atoms with Crippen LogP contribution in [0.2, 0.25) is 0 Å². The lowest BCUT2D eigenvalue weighted by Gasteiger charge is -2.02. The molecular weight excluding hydrogens is 248 g/mol. The summed E-state index contributed by atoms with van der Waals surface area (Å²) in [6.45, 7) is 0. The highest BCUT2D eigenvalue weighted by Gasteiger charge is 2.27. The number of carbonyl (C=O) groups excluding carboxylic acids is 2. The van der Waals surface area contributed by atoms with Gasteiger partial charge in [-0.1, -0.05) is 17.8 Å². The molecule has 0 bridgehead atoms. The minimum Gasteiger partial charge on any atom is -0.318 e. The number of carbonyl (C=O) groups is 2. The summed E-state index contributed by atoms with van der Waals surface area (Å²) in [5, 5.41) is 3.42. The Morgan fingerprint density at radius 2 is 2.00 bits per heavy atom. The zero-order valence-corrected chi connectivity index (χ0v) is 10.0. The molecule has 0 saturated carbocycles. The van der Waals surface area contributed by atoms with Gasteiger partial charge in [-0.3, -0.25) is 9.59 Å². The predicted octanol–water partition coefficient (Wildman–Crippen LogP) is 2.37.